The molecule has 3 rings (SSSR count). The van der Waals surface area contributed by atoms with E-state index in [1.54, 1.807) is 0 Å². The molecular formula is C22H25ClFN3O2. The Balaban J connectivity index is 1.44. The zero-order valence-corrected chi connectivity index (χ0v) is 17.0. The highest BCUT2D eigenvalue weighted by atomic mass is 35.5. The molecule has 0 atom stereocenters. The van der Waals surface area contributed by atoms with Crippen molar-refractivity contribution in [3.8, 4) is 0 Å². The van der Waals surface area contributed by atoms with Crippen molar-refractivity contribution in [2.24, 2.45) is 0 Å². The molecule has 5 nitrogen and oxygen atoms in total. The minimum atomic E-state index is -0.504. The van der Waals surface area contributed by atoms with Crippen molar-refractivity contribution in [1.82, 2.24) is 15.5 Å². The number of nitrogens with one attached hydrogen (secondary N) is 2. The third kappa shape index (κ3) is 6.27. The molecule has 2 aromatic rings. The summed E-state index contributed by atoms with van der Waals surface area (Å²) in [6, 6.07) is 11.7. The number of benzene rings is 2. The van der Waals surface area contributed by atoms with Crippen LogP contribution in [0.5, 0.6) is 0 Å². The number of carbonyl (C=O) groups excluding carboxylic acids is 2. The zero-order chi connectivity index (χ0) is 20.6. The number of halogens is 2. The lowest BCUT2D eigenvalue weighted by Gasteiger charge is -2.17. The molecule has 0 aromatic heterocycles. The summed E-state index contributed by atoms with van der Waals surface area (Å²) >= 11 is 5.88. The Morgan fingerprint density at radius 3 is 2.48 bits per heavy atom. The molecule has 7 heteroatoms. The van der Waals surface area contributed by atoms with Crippen molar-refractivity contribution >= 4 is 23.4 Å². The van der Waals surface area contributed by atoms with E-state index in [2.05, 4.69) is 21.6 Å². The van der Waals surface area contributed by atoms with Crippen molar-refractivity contribution in [3.05, 3.63) is 70.0 Å². The van der Waals surface area contributed by atoms with Gasteiger partial charge in [0.15, 0.2) is 0 Å². The van der Waals surface area contributed by atoms with Crippen LogP contribution in [0.25, 0.3) is 0 Å². The maximum Gasteiger partial charge on any atom is 0.252 e. The van der Waals surface area contributed by atoms with Gasteiger partial charge in [-0.05, 0) is 55.3 Å². The standard InChI is InChI=1S/C22H25ClFN3O2/c23-20-13-18(24)7-8-19(20)22(29)25-10-9-21(28)26-14-16-5-1-2-6-17(16)15-27-11-3-4-12-27/h1-2,5-8,13H,3-4,9-12,14-15H2,(H,25,29)(H,26,28). The molecule has 1 aliphatic heterocycles. The minimum Gasteiger partial charge on any atom is -0.352 e. The van der Waals surface area contributed by atoms with E-state index in [4.69, 9.17) is 11.6 Å². The number of hydrogen-bond donors (Lipinski definition) is 2. The molecule has 2 N–H and O–H groups in total. The SMILES string of the molecule is O=C(CCNC(=O)c1ccc(F)cc1Cl)NCc1ccccc1CN1CCCC1. The molecule has 0 saturated carbocycles. The van der Waals surface area contributed by atoms with Gasteiger partial charge in [-0.3, -0.25) is 14.5 Å². The van der Waals surface area contributed by atoms with Gasteiger partial charge in [-0.2, -0.15) is 0 Å². The second-order valence-electron chi connectivity index (χ2n) is 7.16. The molecule has 1 heterocycles. The van der Waals surface area contributed by atoms with Gasteiger partial charge >= 0.3 is 0 Å². The van der Waals surface area contributed by atoms with Crippen LogP contribution in [-0.2, 0) is 17.9 Å². The smallest absolute Gasteiger partial charge is 0.252 e. The molecule has 1 fully saturated rings. The molecule has 0 radical (unpaired) electrons. The first-order valence-electron chi connectivity index (χ1n) is 9.82. The summed E-state index contributed by atoms with van der Waals surface area (Å²) in [6.07, 6.45) is 2.64. The van der Waals surface area contributed by atoms with E-state index in [1.165, 1.54) is 30.5 Å². The van der Waals surface area contributed by atoms with Crippen LogP contribution in [0.4, 0.5) is 4.39 Å². The number of nitrogens with zero attached hydrogens (tertiary/aromatic N) is 1. The molecular weight excluding hydrogens is 393 g/mol. The highest BCUT2D eigenvalue weighted by molar-refractivity contribution is 6.33. The van der Waals surface area contributed by atoms with Gasteiger partial charge in [0.05, 0.1) is 10.6 Å². The van der Waals surface area contributed by atoms with E-state index in [0.717, 1.165) is 31.3 Å². The monoisotopic (exact) mass is 417 g/mol. The van der Waals surface area contributed by atoms with E-state index in [0.29, 0.717) is 6.54 Å². The molecule has 1 aliphatic rings. The largest absolute Gasteiger partial charge is 0.352 e. The normalized spacial score (nSPS) is 14.0. The van der Waals surface area contributed by atoms with Crippen LogP contribution in [0.15, 0.2) is 42.5 Å². The summed E-state index contributed by atoms with van der Waals surface area (Å²) in [7, 11) is 0. The zero-order valence-electron chi connectivity index (χ0n) is 16.2. The number of likely N-dealkylation sites (tertiary alicyclic amines) is 1. The van der Waals surface area contributed by atoms with Crippen LogP contribution < -0.4 is 10.6 Å². The topological polar surface area (TPSA) is 61.4 Å². The van der Waals surface area contributed by atoms with E-state index >= 15 is 0 Å². The number of amides is 2. The van der Waals surface area contributed by atoms with Gasteiger partial charge in [-0.25, -0.2) is 4.39 Å². The molecule has 0 unspecified atom stereocenters. The van der Waals surface area contributed by atoms with Gasteiger partial charge in [0, 0.05) is 26.1 Å². The van der Waals surface area contributed by atoms with Crippen LogP contribution in [0, 0.1) is 5.82 Å². The Morgan fingerprint density at radius 1 is 1.03 bits per heavy atom. The van der Waals surface area contributed by atoms with Crippen LogP contribution >= 0.6 is 11.6 Å². The molecule has 2 amide bonds. The molecule has 0 spiro atoms. The number of rotatable bonds is 8. The van der Waals surface area contributed by atoms with Crippen LogP contribution in [0.2, 0.25) is 5.02 Å². The average Bonchev–Trinajstić information content (AvgIpc) is 3.20. The lowest BCUT2D eigenvalue weighted by molar-refractivity contribution is -0.121. The first-order chi connectivity index (χ1) is 14.0. The predicted molar refractivity (Wildman–Crippen MR) is 111 cm³/mol. The van der Waals surface area contributed by atoms with Crippen LogP contribution in [0.1, 0.15) is 40.7 Å². The van der Waals surface area contributed by atoms with Crippen molar-refractivity contribution < 1.29 is 14.0 Å². The maximum atomic E-state index is 13.1. The molecule has 2 aromatic carbocycles. The lowest BCUT2D eigenvalue weighted by atomic mass is 10.1. The third-order valence-electron chi connectivity index (χ3n) is 5.00. The summed E-state index contributed by atoms with van der Waals surface area (Å²) < 4.78 is 13.1. The van der Waals surface area contributed by atoms with Crippen molar-refractivity contribution in [2.45, 2.75) is 32.4 Å². The van der Waals surface area contributed by atoms with Gasteiger partial charge in [0.1, 0.15) is 5.82 Å². The average molecular weight is 418 g/mol. The summed E-state index contributed by atoms with van der Waals surface area (Å²) in [4.78, 5) is 26.7. The Labute approximate surface area is 175 Å². The summed E-state index contributed by atoms with van der Waals surface area (Å²) in [6.45, 7) is 3.78. The summed E-state index contributed by atoms with van der Waals surface area (Å²) in [5.74, 6) is -1.08. The fraction of sp³-hybridized carbons (Fsp3) is 0.364. The van der Waals surface area contributed by atoms with Gasteiger partial charge in [-0.1, -0.05) is 35.9 Å². The number of carbonyl (C=O) groups is 2. The fourth-order valence-electron chi connectivity index (χ4n) is 3.41. The Hall–Kier alpha value is -2.44. The quantitative estimate of drug-likeness (QED) is 0.691. The van der Waals surface area contributed by atoms with Crippen LogP contribution in [-0.4, -0.2) is 36.3 Å². The van der Waals surface area contributed by atoms with Gasteiger partial charge < -0.3 is 10.6 Å². The molecule has 0 aliphatic carbocycles. The van der Waals surface area contributed by atoms with Gasteiger partial charge in [0.2, 0.25) is 5.91 Å². The summed E-state index contributed by atoms with van der Waals surface area (Å²) in [5, 5.41) is 5.59. The first kappa shape index (κ1) is 21.3. The van der Waals surface area contributed by atoms with Crippen molar-refractivity contribution in [1.29, 1.82) is 0 Å². The maximum absolute atomic E-state index is 13.1. The van der Waals surface area contributed by atoms with E-state index in [-0.39, 0.29) is 29.5 Å². The second kappa shape index (κ2) is 10.4. The van der Waals surface area contributed by atoms with Crippen molar-refractivity contribution in [3.63, 3.8) is 0 Å². The molecule has 154 valence electrons. The summed E-state index contributed by atoms with van der Waals surface area (Å²) in [5.41, 5.74) is 2.52. The molecule has 0 bridgehead atoms. The lowest BCUT2D eigenvalue weighted by Crippen LogP contribution is -2.31. The predicted octanol–water partition coefficient (Wildman–Crippen LogP) is 3.51. The Kier molecular flexibility index (Phi) is 7.61. The Morgan fingerprint density at radius 2 is 1.76 bits per heavy atom. The highest BCUT2D eigenvalue weighted by Gasteiger charge is 2.14. The minimum absolute atomic E-state index is 0.0431. The third-order valence-corrected chi connectivity index (χ3v) is 5.31. The van der Waals surface area contributed by atoms with Crippen LogP contribution in [0.3, 0.4) is 0 Å². The van der Waals surface area contributed by atoms with E-state index in [1.807, 2.05) is 18.2 Å². The van der Waals surface area contributed by atoms with E-state index in [9.17, 15) is 14.0 Å². The van der Waals surface area contributed by atoms with E-state index < -0.39 is 11.7 Å². The second-order valence-corrected chi connectivity index (χ2v) is 7.57. The van der Waals surface area contributed by atoms with Gasteiger partial charge in [0.25, 0.3) is 5.91 Å². The van der Waals surface area contributed by atoms with Crippen molar-refractivity contribution in [2.75, 3.05) is 19.6 Å². The highest BCUT2D eigenvalue weighted by Crippen LogP contribution is 2.17. The fourth-order valence-corrected chi connectivity index (χ4v) is 3.66. The molecule has 29 heavy (non-hydrogen) atoms. The number of hydrogen-bond acceptors (Lipinski definition) is 3. The van der Waals surface area contributed by atoms with Gasteiger partial charge in [-0.15, -0.1) is 0 Å². The molecule has 1 saturated heterocycles. The Bertz CT molecular complexity index is 869. The first-order valence-corrected chi connectivity index (χ1v) is 10.2.